The molecule has 0 bridgehead atoms. The summed E-state index contributed by atoms with van der Waals surface area (Å²) in [5, 5.41) is 0. The molecular formula is C11H18N2O2S2. The predicted octanol–water partition coefficient (Wildman–Crippen LogP) is 1.35. The number of thiophene rings is 1. The Labute approximate surface area is 107 Å². The molecule has 6 heteroatoms. The first kappa shape index (κ1) is 13.0. The third-order valence-corrected chi connectivity index (χ3v) is 5.74. The number of sulfonamides is 1. The minimum atomic E-state index is -3.34. The maximum atomic E-state index is 12.2. The molecule has 2 heterocycles. The van der Waals surface area contributed by atoms with Crippen molar-refractivity contribution in [2.45, 2.75) is 31.2 Å². The van der Waals surface area contributed by atoms with Gasteiger partial charge in [-0.1, -0.05) is 0 Å². The van der Waals surface area contributed by atoms with E-state index in [1.54, 1.807) is 6.07 Å². The van der Waals surface area contributed by atoms with Crippen molar-refractivity contribution in [2.75, 3.05) is 20.1 Å². The molecule has 2 rings (SSSR count). The molecule has 1 aliphatic heterocycles. The zero-order valence-electron chi connectivity index (χ0n) is 10.4. The average molecular weight is 274 g/mol. The second-order valence-corrected chi connectivity index (χ2v) is 7.79. The van der Waals surface area contributed by atoms with Crippen LogP contribution in [-0.2, 0) is 10.0 Å². The van der Waals surface area contributed by atoms with E-state index in [0.29, 0.717) is 4.90 Å². The van der Waals surface area contributed by atoms with Crippen molar-refractivity contribution in [1.29, 1.82) is 0 Å². The van der Waals surface area contributed by atoms with Crippen LogP contribution in [0.3, 0.4) is 0 Å². The lowest BCUT2D eigenvalue weighted by Crippen LogP contribution is -2.36. The van der Waals surface area contributed by atoms with Gasteiger partial charge in [0.2, 0.25) is 10.0 Å². The Kier molecular flexibility index (Phi) is 3.58. The van der Waals surface area contributed by atoms with Crippen LogP contribution in [0, 0.1) is 13.8 Å². The smallest absolute Gasteiger partial charge is 0.241 e. The second-order valence-electron chi connectivity index (χ2n) is 4.65. The van der Waals surface area contributed by atoms with Crippen molar-refractivity contribution in [3.63, 3.8) is 0 Å². The van der Waals surface area contributed by atoms with Gasteiger partial charge in [-0.15, -0.1) is 11.3 Å². The zero-order chi connectivity index (χ0) is 12.6. The van der Waals surface area contributed by atoms with E-state index in [-0.39, 0.29) is 6.04 Å². The molecule has 0 spiro atoms. The number of rotatable bonds is 3. The largest absolute Gasteiger partial charge is 0.305 e. The third kappa shape index (κ3) is 2.88. The molecule has 0 aromatic carbocycles. The van der Waals surface area contributed by atoms with E-state index in [4.69, 9.17) is 0 Å². The molecule has 0 radical (unpaired) electrons. The van der Waals surface area contributed by atoms with Crippen LogP contribution in [-0.4, -0.2) is 39.5 Å². The number of hydrogen-bond acceptors (Lipinski definition) is 4. The van der Waals surface area contributed by atoms with Crippen molar-refractivity contribution >= 4 is 21.4 Å². The van der Waals surface area contributed by atoms with Crippen LogP contribution in [0.25, 0.3) is 0 Å². The standard InChI is InChI=1S/C11H18N2O2S2/c1-8-6-11(9(2)16-8)17(14,15)12-10-4-5-13(3)7-10/h6,10,12H,4-5,7H2,1-3H3. The van der Waals surface area contributed by atoms with E-state index in [1.807, 2.05) is 20.9 Å². The van der Waals surface area contributed by atoms with E-state index in [9.17, 15) is 8.42 Å². The minimum absolute atomic E-state index is 0.0459. The molecule has 4 nitrogen and oxygen atoms in total. The van der Waals surface area contributed by atoms with Gasteiger partial charge < -0.3 is 4.90 Å². The zero-order valence-corrected chi connectivity index (χ0v) is 12.0. The molecular weight excluding hydrogens is 256 g/mol. The Morgan fingerprint density at radius 1 is 1.47 bits per heavy atom. The predicted molar refractivity (Wildman–Crippen MR) is 70.0 cm³/mol. The van der Waals surface area contributed by atoms with Crippen LogP contribution >= 0.6 is 11.3 Å². The average Bonchev–Trinajstić information content (AvgIpc) is 2.72. The fraction of sp³-hybridized carbons (Fsp3) is 0.636. The Balaban J connectivity index is 2.17. The molecule has 0 aliphatic carbocycles. The van der Waals surface area contributed by atoms with Crippen molar-refractivity contribution in [2.24, 2.45) is 0 Å². The highest BCUT2D eigenvalue weighted by atomic mass is 32.2. The highest BCUT2D eigenvalue weighted by Gasteiger charge is 2.27. The maximum Gasteiger partial charge on any atom is 0.241 e. The van der Waals surface area contributed by atoms with Gasteiger partial charge in [0.05, 0.1) is 4.90 Å². The fourth-order valence-corrected chi connectivity index (χ4v) is 5.00. The van der Waals surface area contributed by atoms with Gasteiger partial charge in [0.15, 0.2) is 0 Å². The summed E-state index contributed by atoms with van der Waals surface area (Å²) in [7, 11) is -1.33. The molecule has 1 unspecified atom stereocenters. The van der Waals surface area contributed by atoms with E-state index in [2.05, 4.69) is 9.62 Å². The van der Waals surface area contributed by atoms with Gasteiger partial charge >= 0.3 is 0 Å². The van der Waals surface area contributed by atoms with Gasteiger partial charge in [-0.3, -0.25) is 0 Å². The lowest BCUT2D eigenvalue weighted by Gasteiger charge is -2.13. The normalized spacial score (nSPS) is 22.2. The van der Waals surface area contributed by atoms with Crippen LogP contribution < -0.4 is 4.72 Å². The summed E-state index contributed by atoms with van der Waals surface area (Å²) in [6, 6.07) is 1.80. The summed E-state index contributed by atoms with van der Waals surface area (Å²) in [6.45, 7) is 5.53. The molecule has 1 N–H and O–H groups in total. The van der Waals surface area contributed by atoms with Crippen LogP contribution in [0.5, 0.6) is 0 Å². The topological polar surface area (TPSA) is 49.4 Å². The maximum absolute atomic E-state index is 12.2. The Hall–Kier alpha value is -0.430. The highest BCUT2D eigenvalue weighted by Crippen LogP contribution is 2.25. The first-order valence-electron chi connectivity index (χ1n) is 5.66. The van der Waals surface area contributed by atoms with Gasteiger partial charge in [0.25, 0.3) is 0 Å². The molecule has 0 amide bonds. The number of aryl methyl sites for hydroxylation is 2. The van der Waals surface area contributed by atoms with Gasteiger partial charge in [0.1, 0.15) is 0 Å². The van der Waals surface area contributed by atoms with E-state index >= 15 is 0 Å². The van der Waals surface area contributed by atoms with Crippen LogP contribution in [0.4, 0.5) is 0 Å². The van der Waals surface area contributed by atoms with Crippen LogP contribution in [0.1, 0.15) is 16.2 Å². The van der Waals surface area contributed by atoms with E-state index < -0.39 is 10.0 Å². The minimum Gasteiger partial charge on any atom is -0.305 e. The molecule has 1 saturated heterocycles. The molecule has 0 saturated carbocycles. The highest BCUT2D eigenvalue weighted by molar-refractivity contribution is 7.89. The van der Waals surface area contributed by atoms with Crippen molar-refractivity contribution < 1.29 is 8.42 Å². The number of likely N-dealkylation sites (N-methyl/N-ethyl adjacent to an activating group) is 1. The fourth-order valence-electron chi connectivity index (χ4n) is 2.19. The second kappa shape index (κ2) is 4.68. The monoisotopic (exact) mass is 274 g/mol. The first-order valence-corrected chi connectivity index (χ1v) is 7.96. The van der Waals surface area contributed by atoms with Gasteiger partial charge in [0, 0.05) is 22.3 Å². The lowest BCUT2D eigenvalue weighted by molar-refractivity contribution is 0.407. The number of likely N-dealkylation sites (tertiary alicyclic amines) is 1. The summed E-state index contributed by atoms with van der Waals surface area (Å²) in [5.41, 5.74) is 0. The summed E-state index contributed by atoms with van der Waals surface area (Å²) in [6.07, 6.45) is 0.887. The summed E-state index contributed by atoms with van der Waals surface area (Å²) >= 11 is 1.52. The lowest BCUT2D eigenvalue weighted by atomic mass is 10.3. The molecule has 17 heavy (non-hydrogen) atoms. The first-order chi connectivity index (χ1) is 7.88. The van der Waals surface area contributed by atoms with Crippen LogP contribution in [0.2, 0.25) is 0 Å². The Morgan fingerprint density at radius 2 is 2.18 bits per heavy atom. The van der Waals surface area contributed by atoms with Gasteiger partial charge in [-0.25, -0.2) is 13.1 Å². The quantitative estimate of drug-likeness (QED) is 0.905. The molecule has 1 aliphatic rings. The molecule has 1 aromatic rings. The number of nitrogens with zero attached hydrogens (tertiary/aromatic N) is 1. The molecule has 1 fully saturated rings. The summed E-state index contributed by atoms with van der Waals surface area (Å²) in [5.74, 6) is 0. The third-order valence-electron chi connectivity index (χ3n) is 3.00. The van der Waals surface area contributed by atoms with Gasteiger partial charge in [-0.2, -0.15) is 0 Å². The number of nitrogens with one attached hydrogen (secondary N) is 1. The molecule has 1 aromatic heterocycles. The van der Waals surface area contributed by atoms with Crippen molar-refractivity contribution in [1.82, 2.24) is 9.62 Å². The molecule has 1 atom stereocenters. The number of hydrogen-bond donors (Lipinski definition) is 1. The molecule has 96 valence electrons. The summed E-state index contributed by atoms with van der Waals surface area (Å²) < 4.78 is 27.2. The summed E-state index contributed by atoms with van der Waals surface area (Å²) in [4.78, 5) is 4.47. The van der Waals surface area contributed by atoms with E-state index in [0.717, 1.165) is 29.3 Å². The SMILES string of the molecule is Cc1cc(S(=O)(=O)NC2CCN(C)C2)c(C)s1. The van der Waals surface area contributed by atoms with Gasteiger partial charge in [-0.05, 0) is 39.9 Å². The van der Waals surface area contributed by atoms with E-state index in [1.165, 1.54) is 11.3 Å². The van der Waals surface area contributed by atoms with Crippen molar-refractivity contribution in [3.8, 4) is 0 Å². The van der Waals surface area contributed by atoms with Crippen molar-refractivity contribution in [3.05, 3.63) is 15.8 Å². The van der Waals surface area contributed by atoms with Crippen LogP contribution in [0.15, 0.2) is 11.0 Å². The Morgan fingerprint density at radius 3 is 2.65 bits per heavy atom. The Bertz CT molecular complexity index is 508.